The Morgan fingerprint density at radius 3 is 1.37 bits per heavy atom. The SMILES string of the molecule is Clc1ccc(CCNCCc2ccc(Cl)cc2)cc1. The van der Waals surface area contributed by atoms with Gasteiger partial charge in [-0.15, -0.1) is 0 Å². The van der Waals surface area contributed by atoms with Crippen molar-refractivity contribution in [2.45, 2.75) is 12.8 Å². The molecule has 2 aromatic rings. The number of nitrogens with one attached hydrogen (secondary N) is 1. The van der Waals surface area contributed by atoms with E-state index in [-0.39, 0.29) is 0 Å². The van der Waals surface area contributed by atoms with E-state index in [1.807, 2.05) is 24.3 Å². The van der Waals surface area contributed by atoms with E-state index in [1.54, 1.807) is 0 Å². The molecule has 0 saturated heterocycles. The van der Waals surface area contributed by atoms with E-state index in [2.05, 4.69) is 29.6 Å². The lowest BCUT2D eigenvalue weighted by Crippen LogP contribution is -2.20. The Balaban J connectivity index is 1.64. The third kappa shape index (κ3) is 5.23. The van der Waals surface area contributed by atoms with Crippen molar-refractivity contribution in [2.75, 3.05) is 13.1 Å². The zero-order chi connectivity index (χ0) is 13.5. The van der Waals surface area contributed by atoms with E-state index < -0.39 is 0 Å². The Labute approximate surface area is 124 Å². The molecular weight excluding hydrogens is 277 g/mol. The van der Waals surface area contributed by atoms with E-state index in [1.165, 1.54) is 11.1 Å². The molecule has 0 spiro atoms. The highest BCUT2D eigenvalue weighted by atomic mass is 35.5. The van der Waals surface area contributed by atoms with E-state index in [4.69, 9.17) is 23.2 Å². The van der Waals surface area contributed by atoms with Gasteiger partial charge in [0, 0.05) is 10.0 Å². The second-order valence-corrected chi connectivity index (χ2v) is 5.38. The minimum atomic E-state index is 0.791. The van der Waals surface area contributed by atoms with Crippen molar-refractivity contribution in [3.63, 3.8) is 0 Å². The molecule has 0 aliphatic carbocycles. The van der Waals surface area contributed by atoms with Crippen LogP contribution in [0.1, 0.15) is 11.1 Å². The molecular formula is C16H17Cl2N. The molecule has 1 N–H and O–H groups in total. The highest BCUT2D eigenvalue weighted by Gasteiger charge is 1.95. The molecule has 0 fully saturated rings. The van der Waals surface area contributed by atoms with Crippen LogP contribution >= 0.6 is 23.2 Å². The molecule has 2 aromatic carbocycles. The lowest BCUT2D eigenvalue weighted by molar-refractivity contribution is 0.682. The monoisotopic (exact) mass is 293 g/mol. The number of rotatable bonds is 6. The smallest absolute Gasteiger partial charge is 0.0406 e. The molecule has 0 aliphatic rings. The van der Waals surface area contributed by atoms with Gasteiger partial charge in [-0.3, -0.25) is 0 Å². The summed E-state index contributed by atoms with van der Waals surface area (Å²) in [5.41, 5.74) is 2.62. The molecule has 0 atom stereocenters. The second-order valence-electron chi connectivity index (χ2n) is 4.50. The molecule has 3 heteroatoms. The van der Waals surface area contributed by atoms with Crippen molar-refractivity contribution in [3.8, 4) is 0 Å². The lowest BCUT2D eigenvalue weighted by Gasteiger charge is -2.05. The summed E-state index contributed by atoms with van der Waals surface area (Å²) < 4.78 is 0. The maximum Gasteiger partial charge on any atom is 0.0406 e. The predicted octanol–water partition coefficient (Wildman–Crippen LogP) is 4.37. The molecule has 0 radical (unpaired) electrons. The van der Waals surface area contributed by atoms with Crippen molar-refractivity contribution in [1.82, 2.24) is 5.32 Å². The van der Waals surface area contributed by atoms with Gasteiger partial charge in [-0.2, -0.15) is 0 Å². The second kappa shape index (κ2) is 7.54. The lowest BCUT2D eigenvalue weighted by atomic mass is 10.1. The maximum atomic E-state index is 5.85. The van der Waals surface area contributed by atoms with Crippen LogP contribution in [0, 0.1) is 0 Å². The molecule has 0 amide bonds. The summed E-state index contributed by atoms with van der Waals surface area (Å²) in [5.74, 6) is 0. The van der Waals surface area contributed by atoms with Gasteiger partial charge in [-0.1, -0.05) is 47.5 Å². The summed E-state index contributed by atoms with van der Waals surface area (Å²) in [4.78, 5) is 0. The fourth-order valence-electron chi connectivity index (χ4n) is 1.89. The minimum Gasteiger partial charge on any atom is -0.316 e. The van der Waals surface area contributed by atoms with E-state index in [0.29, 0.717) is 0 Å². The summed E-state index contributed by atoms with van der Waals surface area (Å²) in [6.45, 7) is 1.96. The Morgan fingerprint density at radius 2 is 1.00 bits per heavy atom. The van der Waals surface area contributed by atoms with Crippen molar-refractivity contribution in [2.24, 2.45) is 0 Å². The normalized spacial score (nSPS) is 10.6. The van der Waals surface area contributed by atoms with Crippen LogP contribution in [-0.4, -0.2) is 13.1 Å². The number of hydrogen-bond donors (Lipinski definition) is 1. The third-order valence-electron chi connectivity index (χ3n) is 3.01. The molecule has 1 nitrogen and oxygen atoms in total. The topological polar surface area (TPSA) is 12.0 Å². The first kappa shape index (κ1) is 14.4. The molecule has 0 aliphatic heterocycles. The Bertz CT molecular complexity index is 444. The number of benzene rings is 2. The molecule has 100 valence electrons. The van der Waals surface area contributed by atoms with Crippen LogP contribution in [0.4, 0.5) is 0 Å². The largest absolute Gasteiger partial charge is 0.316 e. The van der Waals surface area contributed by atoms with Crippen molar-refractivity contribution < 1.29 is 0 Å². The van der Waals surface area contributed by atoms with Crippen LogP contribution < -0.4 is 5.32 Å². The first-order chi connectivity index (χ1) is 9.24. The molecule has 0 saturated carbocycles. The molecule has 0 heterocycles. The van der Waals surface area contributed by atoms with Crippen LogP contribution in [0.15, 0.2) is 48.5 Å². The number of halogens is 2. The maximum absolute atomic E-state index is 5.85. The van der Waals surface area contributed by atoms with Gasteiger partial charge in [0.15, 0.2) is 0 Å². The first-order valence-electron chi connectivity index (χ1n) is 6.43. The number of hydrogen-bond acceptors (Lipinski definition) is 1. The predicted molar refractivity (Wildman–Crippen MR) is 83.2 cm³/mol. The van der Waals surface area contributed by atoms with Crippen LogP contribution in [0.3, 0.4) is 0 Å². The molecule has 19 heavy (non-hydrogen) atoms. The van der Waals surface area contributed by atoms with Gasteiger partial charge in [-0.05, 0) is 61.3 Å². The van der Waals surface area contributed by atoms with Crippen LogP contribution in [0.2, 0.25) is 10.0 Å². The van der Waals surface area contributed by atoms with Gasteiger partial charge in [0.1, 0.15) is 0 Å². The third-order valence-corrected chi connectivity index (χ3v) is 3.51. The zero-order valence-corrected chi connectivity index (χ0v) is 12.2. The molecule has 0 unspecified atom stereocenters. The highest BCUT2D eigenvalue weighted by molar-refractivity contribution is 6.30. The fraction of sp³-hybridized carbons (Fsp3) is 0.250. The van der Waals surface area contributed by atoms with Crippen LogP contribution in [0.5, 0.6) is 0 Å². The van der Waals surface area contributed by atoms with E-state index in [9.17, 15) is 0 Å². The van der Waals surface area contributed by atoms with E-state index in [0.717, 1.165) is 36.0 Å². The summed E-state index contributed by atoms with van der Waals surface area (Å²) in [6.07, 6.45) is 2.05. The zero-order valence-electron chi connectivity index (χ0n) is 10.7. The average molecular weight is 294 g/mol. The molecule has 0 bridgehead atoms. The molecule has 2 rings (SSSR count). The highest BCUT2D eigenvalue weighted by Crippen LogP contribution is 2.10. The first-order valence-corrected chi connectivity index (χ1v) is 7.19. The Kier molecular flexibility index (Phi) is 5.71. The Morgan fingerprint density at radius 1 is 0.632 bits per heavy atom. The summed E-state index contributed by atoms with van der Waals surface area (Å²) in [7, 11) is 0. The van der Waals surface area contributed by atoms with Gasteiger partial charge in [0.25, 0.3) is 0 Å². The standard InChI is InChI=1S/C16H17Cl2N/c17-15-5-1-13(2-6-15)9-11-19-12-10-14-3-7-16(18)8-4-14/h1-8,19H,9-12H2. The summed E-state index contributed by atoms with van der Waals surface area (Å²) in [5, 5.41) is 5.03. The summed E-state index contributed by atoms with van der Waals surface area (Å²) >= 11 is 11.7. The average Bonchev–Trinajstić information content (AvgIpc) is 2.43. The Hall–Kier alpha value is -1.02. The van der Waals surface area contributed by atoms with Crippen LogP contribution in [-0.2, 0) is 12.8 Å². The summed E-state index contributed by atoms with van der Waals surface area (Å²) in [6, 6.07) is 16.0. The van der Waals surface area contributed by atoms with Gasteiger partial charge in [0.2, 0.25) is 0 Å². The van der Waals surface area contributed by atoms with Crippen molar-refractivity contribution in [3.05, 3.63) is 69.7 Å². The van der Waals surface area contributed by atoms with Gasteiger partial charge in [0.05, 0.1) is 0 Å². The van der Waals surface area contributed by atoms with Gasteiger partial charge < -0.3 is 5.32 Å². The van der Waals surface area contributed by atoms with Crippen molar-refractivity contribution >= 4 is 23.2 Å². The quantitative estimate of drug-likeness (QED) is 0.780. The fourth-order valence-corrected chi connectivity index (χ4v) is 2.14. The van der Waals surface area contributed by atoms with Gasteiger partial charge in [-0.25, -0.2) is 0 Å². The van der Waals surface area contributed by atoms with Crippen LogP contribution in [0.25, 0.3) is 0 Å². The minimum absolute atomic E-state index is 0.791. The van der Waals surface area contributed by atoms with Gasteiger partial charge >= 0.3 is 0 Å². The molecule has 0 aromatic heterocycles. The van der Waals surface area contributed by atoms with E-state index >= 15 is 0 Å². The van der Waals surface area contributed by atoms with Crippen molar-refractivity contribution in [1.29, 1.82) is 0 Å².